The van der Waals surface area contributed by atoms with Crippen molar-refractivity contribution in [1.82, 2.24) is 0 Å². The average molecular weight is 285 g/mol. The standard InChI is InChI=1S/C19H27NO/c1-14-6-7-17-15(11-14)5-4-10-20(17)13-16-12-19(2,3)9-8-18(16)21/h6-7,11,16H,4-5,8-10,12-13H2,1-3H3. The average Bonchev–Trinajstić information content (AvgIpc) is 2.42. The van der Waals surface area contributed by atoms with E-state index in [4.69, 9.17) is 0 Å². The molecule has 0 N–H and O–H groups in total. The van der Waals surface area contributed by atoms with Crippen LogP contribution in [0.1, 0.15) is 50.7 Å². The van der Waals surface area contributed by atoms with Gasteiger partial charge in [-0.1, -0.05) is 31.5 Å². The van der Waals surface area contributed by atoms with Gasteiger partial charge in [-0.3, -0.25) is 4.79 Å². The van der Waals surface area contributed by atoms with Crippen LogP contribution in [0.15, 0.2) is 18.2 Å². The molecule has 1 aromatic rings. The number of benzene rings is 1. The molecule has 1 atom stereocenters. The molecule has 2 aliphatic rings. The molecule has 0 bridgehead atoms. The number of hydrogen-bond acceptors (Lipinski definition) is 2. The number of carbonyl (C=O) groups excluding carboxylic acids is 1. The molecule has 0 aromatic heterocycles. The van der Waals surface area contributed by atoms with Crippen LogP contribution >= 0.6 is 0 Å². The van der Waals surface area contributed by atoms with Crippen LogP contribution in [0.4, 0.5) is 5.69 Å². The predicted molar refractivity (Wildman–Crippen MR) is 87.8 cm³/mol. The Morgan fingerprint density at radius 2 is 2.10 bits per heavy atom. The third-order valence-corrected chi connectivity index (χ3v) is 5.19. The van der Waals surface area contributed by atoms with Gasteiger partial charge in [0.2, 0.25) is 0 Å². The minimum Gasteiger partial charge on any atom is -0.371 e. The lowest BCUT2D eigenvalue weighted by atomic mass is 9.71. The zero-order valence-corrected chi connectivity index (χ0v) is 13.6. The van der Waals surface area contributed by atoms with Gasteiger partial charge < -0.3 is 4.90 Å². The molecule has 3 rings (SSSR count). The van der Waals surface area contributed by atoms with Gasteiger partial charge in [0.1, 0.15) is 5.78 Å². The van der Waals surface area contributed by atoms with Crippen LogP contribution in [-0.4, -0.2) is 18.9 Å². The molecule has 2 nitrogen and oxygen atoms in total. The molecule has 0 amide bonds. The first-order chi connectivity index (χ1) is 9.94. The molecule has 0 saturated heterocycles. The Hall–Kier alpha value is -1.31. The van der Waals surface area contributed by atoms with E-state index in [1.165, 1.54) is 29.7 Å². The highest BCUT2D eigenvalue weighted by Crippen LogP contribution is 2.38. The summed E-state index contributed by atoms with van der Waals surface area (Å²) in [6.07, 6.45) is 5.26. The maximum absolute atomic E-state index is 12.3. The van der Waals surface area contributed by atoms with Crippen LogP contribution < -0.4 is 4.90 Å². The molecular formula is C19H27NO. The number of anilines is 1. The van der Waals surface area contributed by atoms with Crippen LogP contribution in [0.25, 0.3) is 0 Å². The maximum Gasteiger partial charge on any atom is 0.137 e. The molecule has 2 heteroatoms. The fourth-order valence-electron chi connectivity index (χ4n) is 3.97. The van der Waals surface area contributed by atoms with Gasteiger partial charge in [-0.05, 0) is 49.7 Å². The number of fused-ring (bicyclic) bond motifs is 1. The van der Waals surface area contributed by atoms with E-state index < -0.39 is 0 Å². The highest BCUT2D eigenvalue weighted by molar-refractivity contribution is 5.82. The summed E-state index contributed by atoms with van der Waals surface area (Å²) in [6, 6.07) is 6.76. The predicted octanol–water partition coefficient (Wildman–Crippen LogP) is 4.14. The Morgan fingerprint density at radius 3 is 2.90 bits per heavy atom. The second kappa shape index (κ2) is 5.47. The van der Waals surface area contributed by atoms with Gasteiger partial charge in [-0.15, -0.1) is 0 Å². The first kappa shape index (κ1) is 14.6. The molecule has 1 aliphatic carbocycles. The van der Waals surface area contributed by atoms with Gasteiger partial charge >= 0.3 is 0 Å². The van der Waals surface area contributed by atoms with Gasteiger partial charge in [0.25, 0.3) is 0 Å². The highest BCUT2D eigenvalue weighted by Gasteiger charge is 2.35. The summed E-state index contributed by atoms with van der Waals surface area (Å²) >= 11 is 0. The van der Waals surface area contributed by atoms with E-state index in [2.05, 4.69) is 43.9 Å². The molecular weight excluding hydrogens is 258 g/mol. The zero-order chi connectivity index (χ0) is 15.0. The normalized spacial score (nSPS) is 24.8. The molecule has 1 aromatic carbocycles. The van der Waals surface area contributed by atoms with Gasteiger partial charge in [-0.2, -0.15) is 0 Å². The van der Waals surface area contributed by atoms with Crippen LogP contribution in [0, 0.1) is 18.3 Å². The number of Topliss-reactive ketones (excluding diaryl/α,β-unsaturated/α-hetero) is 1. The van der Waals surface area contributed by atoms with Crippen molar-refractivity contribution in [1.29, 1.82) is 0 Å². The van der Waals surface area contributed by atoms with E-state index in [-0.39, 0.29) is 5.92 Å². The summed E-state index contributed by atoms with van der Waals surface area (Å²) in [5.41, 5.74) is 4.49. The maximum atomic E-state index is 12.3. The molecule has 1 fully saturated rings. The molecule has 0 radical (unpaired) electrons. The number of rotatable bonds is 2. The van der Waals surface area contributed by atoms with E-state index in [0.717, 1.165) is 32.4 Å². The lowest BCUT2D eigenvalue weighted by molar-refractivity contribution is -0.126. The van der Waals surface area contributed by atoms with E-state index in [0.29, 0.717) is 11.2 Å². The summed E-state index contributed by atoms with van der Waals surface area (Å²) in [7, 11) is 0. The largest absolute Gasteiger partial charge is 0.371 e. The van der Waals surface area contributed by atoms with Crippen LogP contribution in [-0.2, 0) is 11.2 Å². The van der Waals surface area contributed by atoms with E-state index in [1.54, 1.807) is 0 Å². The molecule has 1 saturated carbocycles. The minimum atomic E-state index is 0.223. The van der Waals surface area contributed by atoms with E-state index >= 15 is 0 Å². The van der Waals surface area contributed by atoms with Crippen LogP contribution in [0.2, 0.25) is 0 Å². The van der Waals surface area contributed by atoms with E-state index in [1.807, 2.05) is 0 Å². The SMILES string of the molecule is Cc1ccc2c(c1)CCCN2CC1CC(C)(C)CCC1=O. The second-order valence-electron chi connectivity index (χ2n) is 7.71. The summed E-state index contributed by atoms with van der Waals surface area (Å²) in [6.45, 7) is 8.78. The third-order valence-electron chi connectivity index (χ3n) is 5.19. The Bertz CT molecular complexity index is 546. The van der Waals surface area contributed by atoms with Crippen LogP contribution in [0.3, 0.4) is 0 Å². The summed E-state index contributed by atoms with van der Waals surface area (Å²) in [4.78, 5) is 14.8. The highest BCUT2D eigenvalue weighted by atomic mass is 16.1. The smallest absolute Gasteiger partial charge is 0.137 e. The Balaban J connectivity index is 1.78. The van der Waals surface area contributed by atoms with Gasteiger partial charge in [-0.25, -0.2) is 0 Å². The van der Waals surface area contributed by atoms with Crippen molar-refractivity contribution >= 4 is 11.5 Å². The number of nitrogens with zero attached hydrogens (tertiary/aromatic N) is 1. The summed E-state index contributed by atoms with van der Waals surface area (Å²) in [5.74, 6) is 0.703. The van der Waals surface area contributed by atoms with Crippen molar-refractivity contribution in [2.45, 2.75) is 52.9 Å². The number of hydrogen-bond donors (Lipinski definition) is 0. The first-order valence-electron chi connectivity index (χ1n) is 8.32. The van der Waals surface area contributed by atoms with Gasteiger partial charge in [0, 0.05) is 31.1 Å². The quantitative estimate of drug-likeness (QED) is 0.814. The third kappa shape index (κ3) is 3.14. The first-order valence-corrected chi connectivity index (χ1v) is 8.32. The van der Waals surface area contributed by atoms with E-state index in [9.17, 15) is 4.79 Å². The number of aryl methyl sites for hydroxylation is 2. The molecule has 114 valence electrons. The Morgan fingerprint density at radius 1 is 1.29 bits per heavy atom. The zero-order valence-electron chi connectivity index (χ0n) is 13.6. The Kier molecular flexibility index (Phi) is 3.81. The topological polar surface area (TPSA) is 20.3 Å². The molecule has 1 heterocycles. The fraction of sp³-hybridized carbons (Fsp3) is 0.632. The van der Waals surface area contributed by atoms with Crippen molar-refractivity contribution in [2.24, 2.45) is 11.3 Å². The fourth-order valence-corrected chi connectivity index (χ4v) is 3.97. The van der Waals surface area contributed by atoms with Crippen molar-refractivity contribution < 1.29 is 4.79 Å². The Labute approximate surface area is 128 Å². The van der Waals surface area contributed by atoms with Crippen LogP contribution in [0.5, 0.6) is 0 Å². The lowest BCUT2D eigenvalue weighted by Gasteiger charge is -2.39. The second-order valence-corrected chi connectivity index (χ2v) is 7.71. The summed E-state index contributed by atoms with van der Waals surface area (Å²) in [5, 5.41) is 0. The van der Waals surface area contributed by atoms with Crippen molar-refractivity contribution in [2.75, 3.05) is 18.0 Å². The molecule has 1 aliphatic heterocycles. The van der Waals surface area contributed by atoms with Gasteiger partial charge in [0.15, 0.2) is 0 Å². The summed E-state index contributed by atoms with van der Waals surface area (Å²) < 4.78 is 0. The van der Waals surface area contributed by atoms with Gasteiger partial charge in [0.05, 0.1) is 0 Å². The number of ketones is 1. The monoisotopic (exact) mass is 285 g/mol. The molecule has 0 spiro atoms. The van der Waals surface area contributed by atoms with Crippen molar-refractivity contribution in [3.05, 3.63) is 29.3 Å². The molecule has 1 unspecified atom stereocenters. The minimum absolute atomic E-state index is 0.223. The molecule has 21 heavy (non-hydrogen) atoms. The van der Waals surface area contributed by atoms with Crippen molar-refractivity contribution in [3.8, 4) is 0 Å². The van der Waals surface area contributed by atoms with Crippen molar-refractivity contribution in [3.63, 3.8) is 0 Å². The lowest BCUT2D eigenvalue weighted by Crippen LogP contribution is -2.40. The number of carbonyl (C=O) groups is 1.